The second-order valence-corrected chi connectivity index (χ2v) is 8.33. The van der Waals surface area contributed by atoms with E-state index < -0.39 is 0 Å². The maximum atomic E-state index is 5.80. The smallest absolute Gasteiger partial charge is 0.113 e. The minimum absolute atomic E-state index is 0.279. The molecule has 134 valence electrons. The lowest BCUT2D eigenvalue weighted by atomic mass is 9.84. The molecule has 0 radical (unpaired) electrons. The van der Waals surface area contributed by atoms with E-state index in [1.165, 1.54) is 29.7 Å². The fraction of sp³-hybridized carbons (Fsp3) is 0.600. The Labute approximate surface area is 150 Å². The number of rotatable bonds is 4. The molecule has 0 spiro atoms. The van der Waals surface area contributed by atoms with Crippen molar-refractivity contribution in [2.45, 2.75) is 52.7 Å². The van der Waals surface area contributed by atoms with Gasteiger partial charge in [0.15, 0.2) is 0 Å². The van der Waals surface area contributed by atoms with E-state index in [-0.39, 0.29) is 6.10 Å². The largest absolute Gasteiger partial charge is 0.376 e. The number of aryl methyl sites for hydroxylation is 1. The SMILES string of the molecule is Cc1cc(N2CC(C)(C)C2)ccc1-c1cn(CC2CCCCO2)nn1. The molecule has 0 N–H and O–H groups in total. The predicted octanol–water partition coefficient (Wildman–Crippen LogP) is 3.67. The van der Waals surface area contributed by atoms with Crippen molar-refractivity contribution in [1.82, 2.24) is 15.0 Å². The van der Waals surface area contributed by atoms with Gasteiger partial charge >= 0.3 is 0 Å². The van der Waals surface area contributed by atoms with Crippen LogP contribution in [0, 0.1) is 12.3 Å². The summed E-state index contributed by atoms with van der Waals surface area (Å²) in [5, 5.41) is 8.70. The van der Waals surface area contributed by atoms with Crippen LogP contribution in [-0.2, 0) is 11.3 Å². The molecule has 2 aliphatic rings. The van der Waals surface area contributed by atoms with Crippen LogP contribution in [0.5, 0.6) is 0 Å². The van der Waals surface area contributed by atoms with E-state index in [1.54, 1.807) is 0 Å². The van der Waals surface area contributed by atoms with Crippen LogP contribution in [0.2, 0.25) is 0 Å². The van der Waals surface area contributed by atoms with Crippen LogP contribution in [0.15, 0.2) is 24.4 Å². The fourth-order valence-electron chi connectivity index (χ4n) is 3.97. The van der Waals surface area contributed by atoms with Crippen molar-refractivity contribution >= 4 is 5.69 Å². The van der Waals surface area contributed by atoms with Crippen LogP contribution < -0.4 is 4.90 Å². The Kier molecular flexibility index (Phi) is 4.28. The van der Waals surface area contributed by atoms with E-state index in [4.69, 9.17) is 4.74 Å². The fourth-order valence-corrected chi connectivity index (χ4v) is 3.97. The van der Waals surface area contributed by atoms with E-state index >= 15 is 0 Å². The Hall–Kier alpha value is -1.88. The maximum Gasteiger partial charge on any atom is 0.113 e. The average Bonchev–Trinajstić information content (AvgIpc) is 3.01. The summed E-state index contributed by atoms with van der Waals surface area (Å²) >= 11 is 0. The average molecular weight is 340 g/mol. The van der Waals surface area contributed by atoms with Crippen molar-refractivity contribution in [3.63, 3.8) is 0 Å². The minimum atomic E-state index is 0.279. The zero-order valence-electron chi connectivity index (χ0n) is 15.5. The van der Waals surface area contributed by atoms with Crippen LogP contribution in [0.3, 0.4) is 0 Å². The van der Waals surface area contributed by atoms with E-state index in [9.17, 15) is 0 Å². The molecule has 1 aromatic carbocycles. The van der Waals surface area contributed by atoms with Gasteiger partial charge in [-0.05, 0) is 49.3 Å². The van der Waals surface area contributed by atoms with Gasteiger partial charge in [0.2, 0.25) is 0 Å². The predicted molar refractivity (Wildman–Crippen MR) is 99.8 cm³/mol. The highest BCUT2D eigenvalue weighted by Gasteiger charge is 2.34. The molecule has 1 atom stereocenters. The zero-order valence-corrected chi connectivity index (χ0v) is 15.5. The molecule has 5 nitrogen and oxygen atoms in total. The number of anilines is 1. The van der Waals surface area contributed by atoms with Crippen molar-refractivity contribution in [2.75, 3.05) is 24.6 Å². The summed E-state index contributed by atoms with van der Waals surface area (Å²) < 4.78 is 7.73. The Morgan fingerprint density at radius 3 is 2.76 bits per heavy atom. The third-order valence-corrected chi connectivity index (χ3v) is 5.29. The van der Waals surface area contributed by atoms with E-state index in [1.807, 2.05) is 10.9 Å². The Morgan fingerprint density at radius 1 is 1.24 bits per heavy atom. The molecule has 2 fully saturated rings. The number of hydrogen-bond acceptors (Lipinski definition) is 4. The summed E-state index contributed by atoms with van der Waals surface area (Å²) in [5.41, 5.74) is 5.12. The first-order chi connectivity index (χ1) is 12.0. The topological polar surface area (TPSA) is 43.2 Å². The lowest BCUT2D eigenvalue weighted by Crippen LogP contribution is -2.53. The maximum absolute atomic E-state index is 5.80. The van der Waals surface area contributed by atoms with Gasteiger partial charge < -0.3 is 9.64 Å². The number of hydrogen-bond donors (Lipinski definition) is 0. The first-order valence-electron chi connectivity index (χ1n) is 9.38. The van der Waals surface area contributed by atoms with Crippen LogP contribution in [0.25, 0.3) is 11.3 Å². The van der Waals surface area contributed by atoms with Gasteiger partial charge in [0, 0.05) is 30.9 Å². The van der Waals surface area contributed by atoms with Gasteiger partial charge in [-0.25, -0.2) is 4.68 Å². The molecule has 0 bridgehead atoms. The quantitative estimate of drug-likeness (QED) is 0.852. The molecule has 1 unspecified atom stereocenters. The molecule has 25 heavy (non-hydrogen) atoms. The summed E-state index contributed by atoms with van der Waals surface area (Å²) in [6.45, 7) is 10.7. The number of ether oxygens (including phenoxy) is 1. The van der Waals surface area contributed by atoms with E-state index in [2.05, 4.69) is 54.2 Å². The molecule has 0 saturated carbocycles. The summed E-state index contributed by atoms with van der Waals surface area (Å²) in [5.74, 6) is 0. The Bertz CT molecular complexity index is 738. The molecule has 4 rings (SSSR count). The van der Waals surface area contributed by atoms with Gasteiger partial charge in [-0.15, -0.1) is 5.10 Å². The molecule has 3 heterocycles. The molecule has 0 amide bonds. The van der Waals surface area contributed by atoms with Crippen molar-refractivity contribution < 1.29 is 4.74 Å². The van der Waals surface area contributed by atoms with Gasteiger partial charge in [0.25, 0.3) is 0 Å². The Morgan fingerprint density at radius 2 is 2.08 bits per heavy atom. The lowest BCUT2D eigenvalue weighted by Gasteiger charge is -2.47. The van der Waals surface area contributed by atoms with Gasteiger partial charge in [0.1, 0.15) is 5.69 Å². The third kappa shape index (κ3) is 3.56. The molecular weight excluding hydrogens is 312 g/mol. The standard InChI is InChI=1S/C20H28N4O/c1-15-10-16(23-13-20(2,3)14-23)7-8-18(15)19-12-24(22-21-19)11-17-6-4-5-9-25-17/h7-8,10,12,17H,4-6,9,11,13-14H2,1-3H3. The van der Waals surface area contributed by atoms with Gasteiger partial charge in [0.05, 0.1) is 18.8 Å². The molecule has 2 saturated heterocycles. The number of nitrogens with zero attached hydrogens (tertiary/aromatic N) is 4. The van der Waals surface area contributed by atoms with Crippen LogP contribution in [-0.4, -0.2) is 40.8 Å². The Balaban J connectivity index is 1.46. The van der Waals surface area contributed by atoms with Crippen molar-refractivity contribution in [3.05, 3.63) is 30.0 Å². The third-order valence-electron chi connectivity index (χ3n) is 5.29. The molecule has 2 aromatic rings. The van der Waals surface area contributed by atoms with E-state index in [0.717, 1.165) is 38.4 Å². The molecular formula is C20H28N4O. The van der Waals surface area contributed by atoms with Crippen molar-refractivity contribution in [1.29, 1.82) is 0 Å². The van der Waals surface area contributed by atoms with Crippen LogP contribution in [0.4, 0.5) is 5.69 Å². The van der Waals surface area contributed by atoms with Crippen molar-refractivity contribution in [3.8, 4) is 11.3 Å². The molecule has 2 aliphatic heterocycles. The first kappa shape index (κ1) is 16.6. The zero-order chi connectivity index (χ0) is 17.4. The highest BCUT2D eigenvalue weighted by molar-refractivity contribution is 5.67. The lowest BCUT2D eigenvalue weighted by molar-refractivity contribution is 0.00370. The van der Waals surface area contributed by atoms with Gasteiger partial charge in [-0.1, -0.05) is 25.1 Å². The second kappa shape index (κ2) is 6.45. The number of aromatic nitrogens is 3. The molecule has 0 aliphatic carbocycles. The minimum Gasteiger partial charge on any atom is -0.376 e. The summed E-state index contributed by atoms with van der Waals surface area (Å²) in [7, 11) is 0. The monoisotopic (exact) mass is 340 g/mol. The normalized spacial score (nSPS) is 22.7. The van der Waals surface area contributed by atoms with Gasteiger partial charge in [-0.3, -0.25) is 0 Å². The van der Waals surface area contributed by atoms with Crippen LogP contribution >= 0.6 is 0 Å². The first-order valence-corrected chi connectivity index (χ1v) is 9.38. The number of benzene rings is 1. The van der Waals surface area contributed by atoms with Gasteiger partial charge in [-0.2, -0.15) is 0 Å². The molecule has 1 aromatic heterocycles. The van der Waals surface area contributed by atoms with E-state index in [0.29, 0.717) is 5.41 Å². The summed E-state index contributed by atoms with van der Waals surface area (Å²) in [6.07, 6.45) is 5.88. The summed E-state index contributed by atoms with van der Waals surface area (Å²) in [6, 6.07) is 6.66. The van der Waals surface area contributed by atoms with Crippen molar-refractivity contribution in [2.24, 2.45) is 5.41 Å². The highest BCUT2D eigenvalue weighted by atomic mass is 16.5. The second-order valence-electron chi connectivity index (χ2n) is 8.33. The molecule has 5 heteroatoms. The van der Waals surface area contributed by atoms with Crippen LogP contribution in [0.1, 0.15) is 38.7 Å². The highest BCUT2D eigenvalue weighted by Crippen LogP contribution is 2.35. The summed E-state index contributed by atoms with van der Waals surface area (Å²) in [4.78, 5) is 2.44.